The number of aryl methyl sites for hydroxylation is 1. The number of amides is 1. The maximum Gasteiger partial charge on any atom is 0.338 e. The van der Waals surface area contributed by atoms with Gasteiger partial charge in [-0.1, -0.05) is 6.92 Å². The summed E-state index contributed by atoms with van der Waals surface area (Å²) in [5.74, 6) is -0.841. The molecule has 0 saturated carbocycles. The van der Waals surface area contributed by atoms with Crippen LogP contribution in [0.5, 0.6) is 0 Å². The van der Waals surface area contributed by atoms with Crippen LogP contribution in [0, 0.1) is 0 Å². The van der Waals surface area contributed by atoms with Crippen LogP contribution in [0.3, 0.4) is 0 Å². The maximum atomic E-state index is 12.1. The van der Waals surface area contributed by atoms with E-state index in [1.54, 1.807) is 24.3 Å². The normalized spacial score (nSPS) is 10.2. The molecule has 2 aromatic rings. The monoisotopic (exact) mass is 315 g/mol. The molecule has 1 aromatic carbocycles. The van der Waals surface area contributed by atoms with E-state index >= 15 is 0 Å². The molecule has 2 rings (SSSR count). The van der Waals surface area contributed by atoms with Gasteiger partial charge in [0.05, 0.1) is 12.2 Å². The second-order valence-corrected chi connectivity index (χ2v) is 4.85. The number of anilines is 1. The van der Waals surface area contributed by atoms with E-state index in [1.165, 1.54) is 19.2 Å². The molecule has 0 saturated heterocycles. The fourth-order valence-corrected chi connectivity index (χ4v) is 1.79. The average molecular weight is 315 g/mol. The van der Waals surface area contributed by atoms with Crippen molar-refractivity contribution in [3.8, 4) is 0 Å². The summed E-state index contributed by atoms with van der Waals surface area (Å²) in [5.41, 5.74) is 0.754. The molecule has 7 nitrogen and oxygen atoms in total. The first kappa shape index (κ1) is 16.4. The molecule has 0 bridgehead atoms. The molecular weight excluding hydrogens is 298 g/mol. The van der Waals surface area contributed by atoms with E-state index in [2.05, 4.69) is 10.4 Å². The minimum atomic E-state index is -0.443. The first-order valence-electron chi connectivity index (χ1n) is 7.14. The van der Waals surface area contributed by atoms with Crippen molar-refractivity contribution in [2.45, 2.75) is 13.3 Å². The lowest BCUT2D eigenvalue weighted by atomic mass is 10.2. The quantitative estimate of drug-likeness (QED) is 0.846. The van der Waals surface area contributed by atoms with Gasteiger partial charge in [-0.15, -0.1) is 0 Å². The predicted octanol–water partition coefficient (Wildman–Crippen LogP) is 1.60. The SMILES string of the molecule is CCCOC(=O)c1ccc(NC(=O)c2ccc(=O)n(C)n2)cc1. The van der Waals surface area contributed by atoms with E-state index in [0.717, 1.165) is 11.1 Å². The molecule has 23 heavy (non-hydrogen) atoms. The first-order valence-corrected chi connectivity index (χ1v) is 7.14. The van der Waals surface area contributed by atoms with Gasteiger partial charge >= 0.3 is 5.97 Å². The van der Waals surface area contributed by atoms with Gasteiger partial charge in [-0.25, -0.2) is 9.48 Å². The minimum Gasteiger partial charge on any atom is -0.462 e. The van der Waals surface area contributed by atoms with Gasteiger partial charge in [-0.05, 0) is 36.8 Å². The van der Waals surface area contributed by atoms with E-state index in [0.29, 0.717) is 17.9 Å². The van der Waals surface area contributed by atoms with E-state index in [1.807, 2.05) is 6.92 Å². The summed E-state index contributed by atoms with van der Waals surface area (Å²) in [4.78, 5) is 35.0. The van der Waals surface area contributed by atoms with Crippen LogP contribution < -0.4 is 10.9 Å². The van der Waals surface area contributed by atoms with Crippen LogP contribution in [0.15, 0.2) is 41.2 Å². The molecule has 0 spiro atoms. The largest absolute Gasteiger partial charge is 0.462 e. The van der Waals surface area contributed by atoms with E-state index in [-0.39, 0.29) is 11.3 Å². The van der Waals surface area contributed by atoms with Crippen LogP contribution in [-0.2, 0) is 11.8 Å². The van der Waals surface area contributed by atoms with Crippen LogP contribution >= 0.6 is 0 Å². The standard InChI is InChI=1S/C16H17N3O4/c1-3-10-23-16(22)11-4-6-12(7-5-11)17-15(21)13-8-9-14(20)19(2)18-13/h4-9H,3,10H2,1-2H3,(H,17,21). The van der Waals surface area contributed by atoms with Gasteiger partial charge in [-0.3, -0.25) is 9.59 Å². The molecule has 1 aromatic heterocycles. The molecule has 0 aliphatic rings. The van der Waals surface area contributed by atoms with Crippen molar-refractivity contribution in [2.75, 3.05) is 11.9 Å². The van der Waals surface area contributed by atoms with Crippen molar-refractivity contribution >= 4 is 17.6 Å². The second kappa shape index (κ2) is 7.35. The number of aromatic nitrogens is 2. The number of benzene rings is 1. The zero-order chi connectivity index (χ0) is 16.8. The Balaban J connectivity index is 2.05. The Morgan fingerprint density at radius 2 is 1.87 bits per heavy atom. The number of rotatable bonds is 5. The Labute approximate surface area is 132 Å². The first-order chi connectivity index (χ1) is 11.0. The number of nitrogens with zero attached hydrogens (tertiary/aromatic N) is 2. The Kier molecular flexibility index (Phi) is 5.24. The van der Waals surface area contributed by atoms with Gasteiger partial charge in [0.2, 0.25) is 0 Å². The van der Waals surface area contributed by atoms with Crippen molar-refractivity contribution in [2.24, 2.45) is 7.05 Å². The number of carbonyl (C=O) groups excluding carboxylic acids is 2. The third-order valence-corrected chi connectivity index (χ3v) is 3.01. The highest BCUT2D eigenvalue weighted by Crippen LogP contribution is 2.11. The molecule has 1 amide bonds. The highest BCUT2D eigenvalue weighted by Gasteiger charge is 2.10. The molecule has 1 N–H and O–H groups in total. The fraction of sp³-hybridized carbons (Fsp3) is 0.250. The molecule has 0 aliphatic carbocycles. The molecule has 120 valence electrons. The molecule has 0 atom stereocenters. The van der Waals surface area contributed by atoms with E-state index in [9.17, 15) is 14.4 Å². The highest BCUT2D eigenvalue weighted by atomic mass is 16.5. The molecule has 0 radical (unpaired) electrons. The Bertz CT molecular complexity index is 766. The lowest BCUT2D eigenvalue weighted by Crippen LogP contribution is -2.23. The zero-order valence-electron chi connectivity index (χ0n) is 12.9. The van der Waals surface area contributed by atoms with Crippen molar-refractivity contribution < 1.29 is 14.3 Å². The summed E-state index contributed by atoms with van der Waals surface area (Å²) >= 11 is 0. The highest BCUT2D eigenvalue weighted by molar-refractivity contribution is 6.03. The van der Waals surface area contributed by atoms with Crippen molar-refractivity contribution in [1.82, 2.24) is 9.78 Å². The summed E-state index contributed by atoms with van der Waals surface area (Å²) in [7, 11) is 1.47. The summed E-state index contributed by atoms with van der Waals surface area (Å²) < 4.78 is 6.11. The van der Waals surface area contributed by atoms with Crippen molar-refractivity contribution in [3.05, 3.63) is 58.0 Å². The fourth-order valence-electron chi connectivity index (χ4n) is 1.79. The third kappa shape index (κ3) is 4.26. The maximum absolute atomic E-state index is 12.1. The lowest BCUT2D eigenvalue weighted by molar-refractivity contribution is 0.0505. The number of ether oxygens (including phenoxy) is 1. The van der Waals surface area contributed by atoms with Gasteiger partial charge in [-0.2, -0.15) is 5.10 Å². The number of nitrogens with one attached hydrogen (secondary N) is 1. The van der Waals surface area contributed by atoms with Gasteiger partial charge in [0.1, 0.15) is 5.69 Å². The Morgan fingerprint density at radius 3 is 2.48 bits per heavy atom. The summed E-state index contributed by atoms with van der Waals surface area (Å²) in [6, 6.07) is 8.97. The van der Waals surface area contributed by atoms with Crippen LogP contribution in [0.2, 0.25) is 0 Å². The third-order valence-electron chi connectivity index (χ3n) is 3.01. The number of hydrogen-bond acceptors (Lipinski definition) is 5. The molecule has 0 aliphatic heterocycles. The minimum absolute atomic E-state index is 0.124. The van der Waals surface area contributed by atoms with Crippen LogP contribution in [0.25, 0.3) is 0 Å². The summed E-state index contributed by atoms with van der Waals surface area (Å²) in [6.07, 6.45) is 0.756. The van der Waals surface area contributed by atoms with Crippen molar-refractivity contribution in [3.63, 3.8) is 0 Å². The summed E-state index contributed by atoms with van der Waals surface area (Å²) in [5, 5.41) is 6.51. The summed E-state index contributed by atoms with van der Waals surface area (Å²) in [6.45, 7) is 2.29. The van der Waals surface area contributed by atoms with E-state index in [4.69, 9.17) is 4.74 Å². The number of hydrogen-bond donors (Lipinski definition) is 1. The predicted molar refractivity (Wildman–Crippen MR) is 84.4 cm³/mol. The second-order valence-electron chi connectivity index (χ2n) is 4.85. The van der Waals surface area contributed by atoms with Crippen LogP contribution in [0.4, 0.5) is 5.69 Å². The molecule has 7 heteroatoms. The van der Waals surface area contributed by atoms with Crippen LogP contribution in [0.1, 0.15) is 34.2 Å². The number of esters is 1. The molecular formula is C16H17N3O4. The van der Waals surface area contributed by atoms with Gasteiger partial charge in [0, 0.05) is 18.8 Å². The topological polar surface area (TPSA) is 90.3 Å². The molecule has 0 unspecified atom stereocenters. The van der Waals surface area contributed by atoms with Gasteiger partial charge in [0.25, 0.3) is 11.5 Å². The van der Waals surface area contributed by atoms with Gasteiger partial charge in [0.15, 0.2) is 0 Å². The Hall–Kier alpha value is -2.96. The zero-order valence-corrected chi connectivity index (χ0v) is 12.9. The lowest BCUT2D eigenvalue weighted by Gasteiger charge is -2.07. The van der Waals surface area contributed by atoms with Gasteiger partial charge < -0.3 is 10.1 Å². The molecule has 1 heterocycles. The Morgan fingerprint density at radius 1 is 1.17 bits per heavy atom. The molecule has 0 fully saturated rings. The van der Waals surface area contributed by atoms with E-state index < -0.39 is 11.9 Å². The average Bonchev–Trinajstić information content (AvgIpc) is 2.55. The smallest absolute Gasteiger partial charge is 0.338 e. The van der Waals surface area contributed by atoms with Crippen molar-refractivity contribution in [1.29, 1.82) is 0 Å². The van der Waals surface area contributed by atoms with Crippen LogP contribution in [-0.4, -0.2) is 28.3 Å². The number of carbonyl (C=O) groups is 2.